The maximum atomic E-state index is 11.6. The molecule has 0 heterocycles. The van der Waals surface area contributed by atoms with E-state index >= 15 is 0 Å². The van der Waals surface area contributed by atoms with E-state index in [9.17, 15) is 9.59 Å². The van der Waals surface area contributed by atoms with Crippen molar-refractivity contribution in [2.24, 2.45) is 5.41 Å². The molecule has 0 spiro atoms. The zero-order valence-electron chi connectivity index (χ0n) is 12.3. The molecular formula is C13H26N2O4. The van der Waals surface area contributed by atoms with E-state index in [0.29, 0.717) is 19.6 Å². The first kappa shape index (κ1) is 17.7. The van der Waals surface area contributed by atoms with Crippen LogP contribution in [0.3, 0.4) is 0 Å². The Morgan fingerprint density at radius 2 is 2.00 bits per heavy atom. The first-order valence-corrected chi connectivity index (χ1v) is 6.52. The largest absolute Gasteiger partial charge is 0.481 e. The van der Waals surface area contributed by atoms with Crippen LogP contribution in [0.15, 0.2) is 0 Å². The van der Waals surface area contributed by atoms with Crippen LogP contribution >= 0.6 is 0 Å². The van der Waals surface area contributed by atoms with Gasteiger partial charge in [0.1, 0.15) is 0 Å². The van der Waals surface area contributed by atoms with E-state index in [1.54, 1.807) is 14.0 Å². The normalized spacial score (nSPS) is 12.8. The number of carboxylic acid groups (broad SMARTS) is 1. The number of rotatable bonds is 9. The van der Waals surface area contributed by atoms with Crippen molar-refractivity contribution in [2.45, 2.75) is 46.1 Å². The van der Waals surface area contributed by atoms with Crippen LogP contribution in [0.25, 0.3) is 0 Å². The van der Waals surface area contributed by atoms with Gasteiger partial charge in [0.2, 0.25) is 0 Å². The Morgan fingerprint density at radius 3 is 2.53 bits per heavy atom. The summed E-state index contributed by atoms with van der Waals surface area (Å²) in [6, 6.07) is -0.415. The lowest BCUT2D eigenvalue weighted by atomic mass is 9.90. The SMILES string of the molecule is COCCC(C)(C)CNC(=O)NC(C)CCC(=O)O. The second-order valence-corrected chi connectivity index (χ2v) is 5.57. The minimum absolute atomic E-state index is 0.0301. The average Bonchev–Trinajstić information content (AvgIpc) is 2.32. The molecule has 0 aromatic carbocycles. The molecule has 112 valence electrons. The second kappa shape index (κ2) is 8.74. The minimum Gasteiger partial charge on any atom is -0.481 e. The molecule has 6 heteroatoms. The predicted octanol–water partition coefficient (Wildman–Crippen LogP) is 1.60. The van der Waals surface area contributed by atoms with Crippen molar-refractivity contribution in [1.82, 2.24) is 10.6 Å². The van der Waals surface area contributed by atoms with Crippen molar-refractivity contribution in [1.29, 1.82) is 0 Å². The van der Waals surface area contributed by atoms with E-state index < -0.39 is 5.97 Å². The number of amides is 2. The summed E-state index contributed by atoms with van der Waals surface area (Å²) in [6.07, 6.45) is 1.34. The predicted molar refractivity (Wildman–Crippen MR) is 73.1 cm³/mol. The summed E-state index contributed by atoms with van der Waals surface area (Å²) >= 11 is 0. The number of carbonyl (C=O) groups is 2. The van der Waals surface area contributed by atoms with Crippen LogP contribution in [0.5, 0.6) is 0 Å². The fourth-order valence-corrected chi connectivity index (χ4v) is 1.47. The maximum absolute atomic E-state index is 11.6. The minimum atomic E-state index is -0.852. The van der Waals surface area contributed by atoms with Crippen molar-refractivity contribution < 1.29 is 19.4 Å². The Kier molecular flexibility index (Phi) is 8.14. The number of urea groups is 1. The Bertz CT molecular complexity index is 292. The highest BCUT2D eigenvalue weighted by Gasteiger charge is 2.19. The topological polar surface area (TPSA) is 87.7 Å². The van der Waals surface area contributed by atoms with E-state index in [0.717, 1.165) is 6.42 Å². The molecule has 6 nitrogen and oxygen atoms in total. The highest BCUT2D eigenvalue weighted by Crippen LogP contribution is 2.18. The van der Waals surface area contributed by atoms with Crippen LogP contribution in [0.4, 0.5) is 4.79 Å². The third-order valence-electron chi connectivity index (χ3n) is 2.88. The molecule has 2 amide bonds. The molecule has 0 radical (unpaired) electrons. The fourth-order valence-electron chi connectivity index (χ4n) is 1.47. The highest BCUT2D eigenvalue weighted by molar-refractivity contribution is 5.74. The summed E-state index contributed by atoms with van der Waals surface area (Å²) in [5.41, 5.74) is -0.0301. The van der Waals surface area contributed by atoms with E-state index in [2.05, 4.69) is 24.5 Å². The number of ether oxygens (including phenoxy) is 1. The number of hydrogen-bond donors (Lipinski definition) is 3. The second-order valence-electron chi connectivity index (χ2n) is 5.57. The van der Waals surface area contributed by atoms with Gasteiger partial charge in [-0.1, -0.05) is 13.8 Å². The molecule has 0 aromatic rings. The third kappa shape index (κ3) is 10.3. The Balaban J connectivity index is 3.88. The molecule has 0 aliphatic rings. The molecule has 3 N–H and O–H groups in total. The summed E-state index contributed by atoms with van der Waals surface area (Å²) in [6.45, 7) is 7.11. The summed E-state index contributed by atoms with van der Waals surface area (Å²) in [4.78, 5) is 22.0. The number of carbonyl (C=O) groups excluding carboxylic acids is 1. The summed E-state index contributed by atoms with van der Waals surface area (Å²) < 4.78 is 5.02. The van der Waals surface area contributed by atoms with Crippen LogP contribution in [-0.4, -0.2) is 43.4 Å². The number of methoxy groups -OCH3 is 1. The van der Waals surface area contributed by atoms with Gasteiger partial charge in [-0.25, -0.2) is 4.79 Å². The van der Waals surface area contributed by atoms with Crippen molar-refractivity contribution in [3.8, 4) is 0 Å². The number of aliphatic carboxylic acids is 1. The first-order valence-electron chi connectivity index (χ1n) is 6.52. The van der Waals surface area contributed by atoms with Crippen LogP contribution < -0.4 is 10.6 Å². The van der Waals surface area contributed by atoms with E-state index in [-0.39, 0.29) is 23.9 Å². The van der Waals surface area contributed by atoms with Crippen LogP contribution in [0.2, 0.25) is 0 Å². The van der Waals surface area contributed by atoms with Gasteiger partial charge in [-0.2, -0.15) is 0 Å². The Morgan fingerprint density at radius 1 is 1.37 bits per heavy atom. The lowest BCUT2D eigenvalue weighted by molar-refractivity contribution is -0.137. The highest BCUT2D eigenvalue weighted by atomic mass is 16.5. The molecule has 0 aromatic heterocycles. The molecule has 0 saturated carbocycles. The molecule has 0 aliphatic heterocycles. The molecule has 0 bridgehead atoms. The first-order chi connectivity index (χ1) is 8.76. The van der Waals surface area contributed by atoms with Gasteiger partial charge in [-0.05, 0) is 25.2 Å². The van der Waals surface area contributed by atoms with Gasteiger partial charge in [-0.3, -0.25) is 4.79 Å². The van der Waals surface area contributed by atoms with Crippen molar-refractivity contribution in [3.63, 3.8) is 0 Å². The standard InChI is InChI=1S/C13H26N2O4/c1-10(5-6-11(16)17)15-12(18)14-9-13(2,3)7-8-19-4/h10H,5-9H2,1-4H3,(H,16,17)(H2,14,15,18). The fraction of sp³-hybridized carbons (Fsp3) is 0.846. The number of nitrogens with one attached hydrogen (secondary N) is 2. The van der Waals surface area contributed by atoms with E-state index in [1.165, 1.54) is 0 Å². The van der Waals surface area contributed by atoms with Crippen LogP contribution in [-0.2, 0) is 9.53 Å². The average molecular weight is 274 g/mol. The summed E-state index contributed by atoms with van der Waals surface area (Å²) in [5.74, 6) is -0.852. The smallest absolute Gasteiger partial charge is 0.315 e. The van der Waals surface area contributed by atoms with Crippen molar-refractivity contribution in [3.05, 3.63) is 0 Å². The molecule has 1 atom stereocenters. The summed E-state index contributed by atoms with van der Waals surface area (Å²) in [5, 5.41) is 14.1. The quantitative estimate of drug-likeness (QED) is 0.596. The monoisotopic (exact) mass is 274 g/mol. The Labute approximate surface area is 114 Å². The zero-order valence-corrected chi connectivity index (χ0v) is 12.3. The maximum Gasteiger partial charge on any atom is 0.315 e. The van der Waals surface area contributed by atoms with Gasteiger partial charge >= 0.3 is 12.0 Å². The Hall–Kier alpha value is -1.30. The van der Waals surface area contributed by atoms with Gasteiger partial charge in [-0.15, -0.1) is 0 Å². The van der Waals surface area contributed by atoms with Gasteiger partial charge in [0.25, 0.3) is 0 Å². The molecule has 19 heavy (non-hydrogen) atoms. The zero-order chi connectivity index (χ0) is 14.9. The van der Waals surface area contributed by atoms with E-state index in [4.69, 9.17) is 9.84 Å². The van der Waals surface area contributed by atoms with Crippen molar-refractivity contribution >= 4 is 12.0 Å². The van der Waals surface area contributed by atoms with Crippen LogP contribution in [0, 0.1) is 5.41 Å². The number of hydrogen-bond acceptors (Lipinski definition) is 3. The van der Waals surface area contributed by atoms with E-state index in [1.807, 2.05) is 0 Å². The van der Waals surface area contributed by atoms with Gasteiger partial charge in [0, 0.05) is 32.7 Å². The molecule has 0 saturated heterocycles. The molecule has 0 fully saturated rings. The van der Waals surface area contributed by atoms with Gasteiger partial charge in [0.15, 0.2) is 0 Å². The molecule has 0 rings (SSSR count). The van der Waals surface area contributed by atoms with Gasteiger partial charge < -0.3 is 20.5 Å². The van der Waals surface area contributed by atoms with Crippen molar-refractivity contribution in [2.75, 3.05) is 20.3 Å². The number of carboxylic acids is 1. The molecular weight excluding hydrogens is 248 g/mol. The lowest BCUT2D eigenvalue weighted by Crippen LogP contribution is -2.44. The van der Waals surface area contributed by atoms with Gasteiger partial charge in [0.05, 0.1) is 0 Å². The lowest BCUT2D eigenvalue weighted by Gasteiger charge is -2.25. The molecule has 1 unspecified atom stereocenters. The summed E-state index contributed by atoms with van der Waals surface area (Å²) in [7, 11) is 1.65. The third-order valence-corrected chi connectivity index (χ3v) is 2.88. The molecule has 0 aliphatic carbocycles. The van der Waals surface area contributed by atoms with Crippen LogP contribution in [0.1, 0.15) is 40.0 Å².